The maximum Gasteiger partial charge on any atom is 3.00 e. The van der Waals surface area contributed by atoms with Crippen molar-refractivity contribution in [2.75, 3.05) is 0 Å². The SMILES string of the molecule is [Rh+3].[SH-].[SH-].[SH-]. The Bertz CT molecular complexity index is 3.25. The average molecular weight is 202 g/mol. The molecule has 0 radical (unpaired) electrons. The first-order valence-corrected chi connectivity index (χ1v) is 0. The van der Waals surface area contributed by atoms with Gasteiger partial charge in [0.15, 0.2) is 0 Å². The molecule has 0 rings (SSSR count). The van der Waals surface area contributed by atoms with Gasteiger partial charge in [-0.15, -0.1) is 0 Å². The molecule has 0 N–H and O–H groups in total. The van der Waals surface area contributed by atoms with E-state index in [1.54, 1.807) is 0 Å². The summed E-state index contributed by atoms with van der Waals surface area (Å²) < 4.78 is 0. The average Bonchev–Trinajstić information content (AvgIpc) is 0. The minimum Gasteiger partial charge on any atom is -0.813 e. The smallest absolute Gasteiger partial charge is 0.813 e. The van der Waals surface area contributed by atoms with Gasteiger partial charge in [0.05, 0.1) is 0 Å². The Morgan fingerprint density at radius 1 is 0.500 bits per heavy atom. The summed E-state index contributed by atoms with van der Waals surface area (Å²) in [7, 11) is 0. The fourth-order valence-corrected chi connectivity index (χ4v) is 0. The third-order valence-corrected chi connectivity index (χ3v) is 0. The van der Waals surface area contributed by atoms with Gasteiger partial charge in [-0.1, -0.05) is 0 Å². The Balaban J connectivity index is 0. The second kappa shape index (κ2) is 22.5. The largest absolute Gasteiger partial charge is 3.00 e. The van der Waals surface area contributed by atoms with Crippen LogP contribution in [0.5, 0.6) is 0 Å². The molecule has 0 aromatic carbocycles. The first-order chi connectivity index (χ1) is 0. The van der Waals surface area contributed by atoms with Crippen LogP contribution in [0.15, 0.2) is 0 Å². The summed E-state index contributed by atoms with van der Waals surface area (Å²) in [5.74, 6) is 0. The molecule has 0 amide bonds. The normalized spacial score (nSPS) is 0. The summed E-state index contributed by atoms with van der Waals surface area (Å²) in [6.07, 6.45) is 0. The summed E-state index contributed by atoms with van der Waals surface area (Å²) in [5, 5.41) is 0. The predicted octanol–water partition coefficient (Wildman–Crippen LogP) is -0.813. The van der Waals surface area contributed by atoms with E-state index in [0.29, 0.717) is 0 Å². The molecule has 0 saturated heterocycles. The zero-order valence-corrected chi connectivity index (χ0v) is 6.00. The fourth-order valence-electron chi connectivity index (χ4n) is 0. The Hall–Kier alpha value is 1.67. The van der Waals surface area contributed by atoms with Gasteiger partial charge < -0.3 is 40.5 Å². The van der Waals surface area contributed by atoms with Gasteiger partial charge in [0.1, 0.15) is 0 Å². The maximum absolute atomic E-state index is 0. The molecule has 0 aliphatic rings. The number of thiol groups is 3. The Morgan fingerprint density at radius 2 is 0.500 bits per heavy atom. The van der Waals surface area contributed by atoms with Crippen molar-refractivity contribution in [2.24, 2.45) is 0 Å². The summed E-state index contributed by atoms with van der Waals surface area (Å²) >= 11 is 0. The molecule has 0 aromatic heterocycles. The molecule has 0 heterocycles. The molecule has 0 spiro atoms. The van der Waals surface area contributed by atoms with E-state index in [9.17, 15) is 0 Å². The number of hydrogen-bond acceptors (Lipinski definition) is 3. The van der Waals surface area contributed by atoms with Crippen LogP contribution in [0.3, 0.4) is 0 Å². The minimum absolute atomic E-state index is 0. The Kier molecular flexibility index (Phi) is 249. The molecule has 0 bridgehead atoms. The van der Waals surface area contributed by atoms with Crippen LogP contribution in [0.2, 0.25) is 0 Å². The second-order valence-electron chi connectivity index (χ2n) is 0. The standard InChI is InChI=1S/Rh.3H2S/h;3*1H2/q+3;;;/p-3. The maximum atomic E-state index is 0. The van der Waals surface area contributed by atoms with Crippen molar-refractivity contribution in [3.05, 3.63) is 0 Å². The summed E-state index contributed by atoms with van der Waals surface area (Å²) in [4.78, 5) is 0. The molecular weight excluding hydrogens is 199 g/mol. The van der Waals surface area contributed by atoms with Crippen molar-refractivity contribution < 1.29 is 19.5 Å². The van der Waals surface area contributed by atoms with Crippen molar-refractivity contribution in [2.45, 2.75) is 0 Å². The Morgan fingerprint density at radius 3 is 0.500 bits per heavy atom. The van der Waals surface area contributed by atoms with Crippen LogP contribution in [0.1, 0.15) is 0 Å². The third-order valence-electron chi connectivity index (χ3n) is 0. The molecule has 0 saturated carbocycles. The quantitative estimate of drug-likeness (QED) is 0.286. The molecule has 0 atom stereocenters. The van der Waals surface area contributed by atoms with Crippen LogP contribution in [0.4, 0.5) is 0 Å². The molecule has 0 aromatic rings. The van der Waals surface area contributed by atoms with E-state index in [0.717, 1.165) is 0 Å². The van der Waals surface area contributed by atoms with E-state index >= 15 is 0 Å². The van der Waals surface area contributed by atoms with Crippen LogP contribution in [-0.4, -0.2) is 0 Å². The molecular formula is H3RhS3. The number of hydrogen-bond donors (Lipinski definition) is 0. The van der Waals surface area contributed by atoms with Crippen molar-refractivity contribution in [3.63, 3.8) is 0 Å². The first kappa shape index (κ1) is 44.3. The van der Waals surface area contributed by atoms with Crippen LogP contribution < -0.4 is 0 Å². The van der Waals surface area contributed by atoms with Crippen LogP contribution >= 0.6 is 0 Å². The zero-order valence-electron chi connectivity index (χ0n) is 1.67. The molecule has 0 aliphatic heterocycles. The van der Waals surface area contributed by atoms with E-state index in [2.05, 4.69) is 0 Å². The first-order valence-electron chi connectivity index (χ1n) is 0. The minimum atomic E-state index is 0. The summed E-state index contributed by atoms with van der Waals surface area (Å²) in [6.45, 7) is 0. The van der Waals surface area contributed by atoms with Gasteiger partial charge in [-0.3, -0.25) is 0 Å². The fraction of sp³-hybridized carbons (Fsp3) is 0. The van der Waals surface area contributed by atoms with Gasteiger partial charge in [-0.05, 0) is 0 Å². The molecule has 30 valence electrons. The van der Waals surface area contributed by atoms with Gasteiger partial charge in [0, 0.05) is 0 Å². The Labute approximate surface area is 59.8 Å². The van der Waals surface area contributed by atoms with Crippen molar-refractivity contribution >= 4 is 40.5 Å². The molecule has 4 heteroatoms. The predicted molar refractivity (Wildman–Crippen MR) is 26.3 cm³/mol. The van der Waals surface area contributed by atoms with Crippen LogP contribution in [0, 0.1) is 0 Å². The van der Waals surface area contributed by atoms with Crippen LogP contribution in [-0.2, 0) is 60.0 Å². The number of rotatable bonds is 0. The van der Waals surface area contributed by atoms with Gasteiger partial charge in [-0.2, -0.15) is 0 Å². The van der Waals surface area contributed by atoms with Crippen molar-refractivity contribution in [1.82, 2.24) is 0 Å². The molecule has 0 nitrogen and oxygen atoms in total. The van der Waals surface area contributed by atoms with Crippen LogP contribution in [0.25, 0.3) is 0 Å². The molecule has 0 unspecified atom stereocenters. The molecule has 0 fully saturated rings. The monoisotopic (exact) mass is 202 g/mol. The van der Waals surface area contributed by atoms with Gasteiger partial charge >= 0.3 is 19.5 Å². The van der Waals surface area contributed by atoms with Crippen molar-refractivity contribution in [3.8, 4) is 0 Å². The van der Waals surface area contributed by atoms with E-state index in [-0.39, 0.29) is 60.0 Å². The summed E-state index contributed by atoms with van der Waals surface area (Å²) in [5.41, 5.74) is 0. The van der Waals surface area contributed by atoms with E-state index < -0.39 is 0 Å². The van der Waals surface area contributed by atoms with Crippen molar-refractivity contribution in [1.29, 1.82) is 0 Å². The molecule has 0 aliphatic carbocycles. The summed E-state index contributed by atoms with van der Waals surface area (Å²) in [6, 6.07) is 0. The zero-order chi connectivity index (χ0) is 0. The molecule has 4 heavy (non-hydrogen) atoms. The topological polar surface area (TPSA) is 0 Å². The van der Waals surface area contributed by atoms with Gasteiger partial charge in [-0.25, -0.2) is 0 Å². The third kappa shape index (κ3) is 9.38. The van der Waals surface area contributed by atoms with E-state index in [1.165, 1.54) is 0 Å². The van der Waals surface area contributed by atoms with Gasteiger partial charge in [0.25, 0.3) is 0 Å². The van der Waals surface area contributed by atoms with E-state index in [1.807, 2.05) is 0 Å². The van der Waals surface area contributed by atoms with E-state index in [4.69, 9.17) is 0 Å². The second-order valence-corrected chi connectivity index (χ2v) is 0. The van der Waals surface area contributed by atoms with Gasteiger partial charge in [0.2, 0.25) is 0 Å².